The Kier molecular flexibility index (Phi) is 6.16. The number of benzene rings is 2. The molecule has 0 spiro atoms. The number of rotatable bonds is 7. The summed E-state index contributed by atoms with van der Waals surface area (Å²) in [7, 11) is -3.71. The highest BCUT2D eigenvalue weighted by Gasteiger charge is 2.15. The first-order valence-corrected chi connectivity index (χ1v) is 9.36. The molecule has 7 heteroatoms. The molecule has 0 amide bonds. The van der Waals surface area contributed by atoms with E-state index in [0.717, 1.165) is 12.8 Å². The Hall–Kier alpha value is -1.43. The molecule has 4 nitrogen and oxygen atoms in total. The van der Waals surface area contributed by atoms with Crippen molar-refractivity contribution in [2.24, 2.45) is 0 Å². The lowest BCUT2D eigenvalue weighted by atomic mass is 10.3. The molecular formula is C16H17Cl2NO3S. The normalized spacial score (nSPS) is 11.3. The topological polar surface area (TPSA) is 55.4 Å². The van der Waals surface area contributed by atoms with Crippen LogP contribution in [0, 0.1) is 0 Å². The van der Waals surface area contributed by atoms with E-state index in [1.165, 1.54) is 30.3 Å². The monoisotopic (exact) mass is 373 g/mol. The molecule has 0 aliphatic rings. The van der Waals surface area contributed by atoms with E-state index in [9.17, 15) is 8.42 Å². The summed E-state index contributed by atoms with van der Waals surface area (Å²) >= 11 is 11.7. The SMILES string of the molecule is CCCCOc1ccc(S(=O)(=O)Nc2cc(Cl)cc(Cl)c2)cc1. The number of sulfonamides is 1. The molecule has 0 heterocycles. The van der Waals surface area contributed by atoms with Crippen LogP contribution in [0.3, 0.4) is 0 Å². The maximum Gasteiger partial charge on any atom is 0.261 e. The molecule has 0 aliphatic carbocycles. The van der Waals surface area contributed by atoms with Crippen molar-refractivity contribution >= 4 is 38.9 Å². The summed E-state index contributed by atoms with van der Waals surface area (Å²) in [4.78, 5) is 0.136. The molecule has 0 aliphatic heterocycles. The van der Waals surface area contributed by atoms with Gasteiger partial charge in [0, 0.05) is 10.0 Å². The van der Waals surface area contributed by atoms with Crippen molar-refractivity contribution in [3.8, 4) is 5.75 Å². The van der Waals surface area contributed by atoms with Gasteiger partial charge in [0.05, 0.1) is 17.2 Å². The van der Waals surface area contributed by atoms with Crippen LogP contribution < -0.4 is 9.46 Å². The number of unbranched alkanes of at least 4 members (excludes halogenated alkanes) is 1. The van der Waals surface area contributed by atoms with Crippen molar-refractivity contribution in [2.75, 3.05) is 11.3 Å². The lowest BCUT2D eigenvalue weighted by Gasteiger charge is -2.10. The van der Waals surface area contributed by atoms with Gasteiger partial charge < -0.3 is 4.74 Å². The van der Waals surface area contributed by atoms with E-state index in [0.29, 0.717) is 28.1 Å². The minimum absolute atomic E-state index is 0.136. The Bertz CT molecular complexity index is 741. The minimum atomic E-state index is -3.71. The van der Waals surface area contributed by atoms with Gasteiger partial charge in [0.1, 0.15) is 5.75 Å². The third-order valence-electron chi connectivity index (χ3n) is 3.02. The molecule has 0 unspecified atom stereocenters. The van der Waals surface area contributed by atoms with Crippen molar-refractivity contribution in [1.29, 1.82) is 0 Å². The van der Waals surface area contributed by atoms with Gasteiger partial charge in [0.25, 0.3) is 10.0 Å². The van der Waals surface area contributed by atoms with Crippen LogP contribution in [0.2, 0.25) is 10.0 Å². The largest absolute Gasteiger partial charge is 0.494 e. The number of halogens is 2. The van der Waals surface area contributed by atoms with E-state index in [-0.39, 0.29) is 4.90 Å². The number of nitrogens with one attached hydrogen (secondary N) is 1. The van der Waals surface area contributed by atoms with E-state index in [2.05, 4.69) is 11.6 Å². The van der Waals surface area contributed by atoms with Crippen molar-refractivity contribution in [3.63, 3.8) is 0 Å². The lowest BCUT2D eigenvalue weighted by Crippen LogP contribution is -2.12. The first-order chi connectivity index (χ1) is 10.9. The smallest absolute Gasteiger partial charge is 0.261 e. The third kappa shape index (κ3) is 5.30. The molecule has 23 heavy (non-hydrogen) atoms. The molecule has 2 rings (SSSR count). The highest BCUT2D eigenvalue weighted by molar-refractivity contribution is 7.92. The van der Waals surface area contributed by atoms with Crippen molar-refractivity contribution in [2.45, 2.75) is 24.7 Å². The Morgan fingerprint density at radius 1 is 1.04 bits per heavy atom. The molecule has 0 aromatic heterocycles. The number of hydrogen-bond acceptors (Lipinski definition) is 3. The Labute approximate surface area is 146 Å². The zero-order chi connectivity index (χ0) is 16.9. The molecule has 0 saturated heterocycles. The predicted molar refractivity (Wildman–Crippen MR) is 94.1 cm³/mol. The van der Waals surface area contributed by atoms with Crippen LogP contribution in [-0.2, 0) is 10.0 Å². The van der Waals surface area contributed by atoms with Crippen molar-refractivity contribution < 1.29 is 13.2 Å². The fraction of sp³-hybridized carbons (Fsp3) is 0.250. The zero-order valence-corrected chi connectivity index (χ0v) is 14.9. The summed E-state index contributed by atoms with van der Waals surface area (Å²) in [6.45, 7) is 2.69. The van der Waals surface area contributed by atoms with Crippen LogP contribution in [0.25, 0.3) is 0 Å². The molecule has 0 fully saturated rings. The van der Waals surface area contributed by atoms with Crippen molar-refractivity contribution in [3.05, 3.63) is 52.5 Å². The second-order valence-corrected chi connectivity index (χ2v) is 7.49. The van der Waals surface area contributed by atoms with Gasteiger partial charge in [-0.05, 0) is 48.9 Å². The van der Waals surface area contributed by atoms with E-state index in [4.69, 9.17) is 27.9 Å². The van der Waals surface area contributed by atoms with Gasteiger partial charge in [0.2, 0.25) is 0 Å². The molecule has 0 saturated carbocycles. The summed E-state index contributed by atoms with van der Waals surface area (Å²) in [6, 6.07) is 10.8. The average Bonchev–Trinajstić information content (AvgIpc) is 2.46. The van der Waals surface area contributed by atoms with Gasteiger partial charge in [0.15, 0.2) is 0 Å². The Morgan fingerprint density at radius 3 is 2.22 bits per heavy atom. The van der Waals surface area contributed by atoms with Gasteiger partial charge in [-0.2, -0.15) is 0 Å². The van der Waals surface area contributed by atoms with Crippen molar-refractivity contribution in [1.82, 2.24) is 0 Å². The summed E-state index contributed by atoms with van der Waals surface area (Å²) in [5.41, 5.74) is 0.311. The highest BCUT2D eigenvalue weighted by Crippen LogP contribution is 2.25. The Balaban J connectivity index is 2.12. The van der Waals surface area contributed by atoms with Crippen LogP contribution in [0.1, 0.15) is 19.8 Å². The van der Waals surface area contributed by atoms with Crippen LogP contribution in [0.15, 0.2) is 47.4 Å². The van der Waals surface area contributed by atoms with Crippen LogP contribution in [0.5, 0.6) is 5.75 Å². The molecular weight excluding hydrogens is 357 g/mol. The quantitative estimate of drug-likeness (QED) is 0.696. The average molecular weight is 374 g/mol. The van der Waals surface area contributed by atoms with E-state index in [1.54, 1.807) is 12.1 Å². The second kappa shape index (κ2) is 7.90. The van der Waals surface area contributed by atoms with Gasteiger partial charge in [-0.25, -0.2) is 8.42 Å². The Morgan fingerprint density at radius 2 is 1.65 bits per heavy atom. The van der Waals surface area contributed by atoms with Gasteiger partial charge in [-0.15, -0.1) is 0 Å². The standard InChI is InChI=1S/C16H17Cl2NO3S/c1-2-3-8-22-15-4-6-16(7-5-15)23(20,21)19-14-10-12(17)9-13(18)11-14/h4-7,9-11,19H,2-3,8H2,1H3. The van der Waals surface area contributed by atoms with E-state index < -0.39 is 10.0 Å². The molecule has 124 valence electrons. The molecule has 2 aromatic carbocycles. The zero-order valence-electron chi connectivity index (χ0n) is 12.6. The van der Waals surface area contributed by atoms with Crippen LogP contribution in [-0.4, -0.2) is 15.0 Å². The number of anilines is 1. The molecule has 0 atom stereocenters. The number of ether oxygens (including phenoxy) is 1. The molecule has 0 bridgehead atoms. The third-order valence-corrected chi connectivity index (χ3v) is 4.85. The van der Waals surface area contributed by atoms with Gasteiger partial charge in [-0.3, -0.25) is 4.72 Å². The van der Waals surface area contributed by atoms with Crippen LogP contribution >= 0.6 is 23.2 Å². The van der Waals surface area contributed by atoms with Gasteiger partial charge >= 0.3 is 0 Å². The fourth-order valence-electron chi connectivity index (χ4n) is 1.88. The maximum atomic E-state index is 12.4. The maximum absolute atomic E-state index is 12.4. The number of hydrogen-bond donors (Lipinski definition) is 1. The minimum Gasteiger partial charge on any atom is -0.494 e. The summed E-state index contributed by atoms with van der Waals surface area (Å²) in [5, 5.41) is 0.713. The fourth-order valence-corrected chi connectivity index (χ4v) is 3.44. The second-order valence-electron chi connectivity index (χ2n) is 4.94. The summed E-state index contributed by atoms with van der Waals surface area (Å²) < 4.78 is 32.7. The lowest BCUT2D eigenvalue weighted by molar-refractivity contribution is 0.309. The molecule has 0 radical (unpaired) electrons. The first kappa shape index (κ1) is 17.9. The van der Waals surface area contributed by atoms with E-state index >= 15 is 0 Å². The van der Waals surface area contributed by atoms with E-state index in [1.807, 2.05) is 0 Å². The molecule has 2 aromatic rings. The predicted octanol–water partition coefficient (Wildman–Crippen LogP) is 4.97. The van der Waals surface area contributed by atoms with Crippen LogP contribution in [0.4, 0.5) is 5.69 Å². The molecule has 1 N–H and O–H groups in total. The summed E-state index contributed by atoms with van der Waals surface area (Å²) in [5.74, 6) is 0.642. The highest BCUT2D eigenvalue weighted by atomic mass is 35.5. The first-order valence-electron chi connectivity index (χ1n) is 7.12. The van der Waals surface area contributed by atoms with Gasteiger partial charge in [-0.1, -0.05) is 36.5 Å². The summed E-state index contributed by atoms with van der Waals surface area (Å²) in [6.07, 6.45) is 2.00.